The van der Waals surface area contributed by atoms with Crippen molar-refractivity contribution in [3.05, 3.63) is 22.6 Å². The lowest BCUT2D eigenvalue weighted by Gasteiger charge is -2.28. The van der Waals surface area contributed by atoms with Gasteiger partial charge in [-0.25, -0.2) is 4.68 Å². The summed E-state index contributed by atoms with van der Waals surface area (Å²) in [7, 11) is 1.67. The van der Waals surface area contributed by atoms with Gasteiger partial charge in [0.05, 0.1) is 0 Å². The standard InChI is InChI=1S/C9H14N4O.ClH/c1-12-9(14)8(2-3-11-12)13-6-4-10-5-7-13;/h2-3,10H,4-7H2,1H3;1H. The van der Waals surface area contributed by atoms with Crippen molar-refractivity contribution in [2.75, 3.05) is 31.1 Å². The van der Waals surface area contributed by atoms with Crippen molar-refractivity contribution in [3.8, 4) is 0 Å². The van der Waals surface area contributed by atoms with Crippen LogP contribution in [0.1, 0.15) is 0 Å². The molecule has 15 heavy (non-hydrogen) atoms. The molecule has 0 radical (unpaired) electrons. The Labute approximate surface area is 94.5 Å². The molecule has 0 atom stereocenters. The van der Waals surface area contributed by atoms with Crippen LogP contribution in [-0.4, -0.2) is 36.0 Å². The van der Waals surface area contributed by atoms with Crippen LogP contribution in [-0.2, 0) is 7.05 Å². The van der Waals surface area contributed by atoms with Gasteiger partial charge in [0.25, 0.3) is 5.56 Å². The van der Waals surface area contributed by atoms with Crippen molar-refractivity contribution in [3.63, 3.8) is 0 Å². The fourth-order valence-corrected chi connectivity index (χ4v) is 1.64. The number of rotatable bonds is 1. The van der Waals surface area contributed by atoms with Gasteiger partial charge in [-0.2, -0.15) is 5.10 Å². The zero-order valence-electron chi connectivity index (χ0n) is 8.64. The number of hydrogen-bond donors (Lipinski definition) is 1. The van der Waals surface area contributed by atoms with E-state index in [1.54, 1.807) is 19.3 Å². The van der Waals surface area contributed by atoms with E-state index in [4.69, 9.17) is 0 Å². The third-order valence-electron chi connectivity index (χ3n) is 2.44. The van der Waals surface area contributed by atoms with E-state index < -0.39 is 0 Å². The fraction of sp³-hybridized carbons (Fsp3) is 0.556. The second-order valence-electron chi connectivity index (χ2n) is 3.38. The Morgan fingerprint density at radius 1 is 1.40 bits per heavy atom. The zero-order chi connectivity index (χ0) is 9.97. The molecule has 0 unspecified atom stereocenters. The zero-order valence-corrected chi connectivity index (χ0v) is 9.46. The minimum absolute atomic E-state index is 0. The number of piperazine rings is 1. The normalized spacial score (nSPS) is 15.9. The molecule has 1 aromatic rings. The lowest BCUT2D eigenvalue weighted by Crippen LogP contribution is -2.46. The predicted octanol–water partition coefficient (Wildman–Crippen LogP) is -0.388. The van der Waals surface area contributed by atoms with Gasteiger partial charge in [-0.3, -0.25) is 4.79 Å². The van der Waals surface area contributed by atoms with Crippen LogP contribution < -0.4 is 15.8 Å². The van der Waals surface area contributed by atoms with Crippen molar-refractivity contribution in [1.29, 1.82) is 0 Å². The topological polar surface area (TPSA) is 50.2 Å². The molecule has 6 heteroatoms. The summed E-state index contributed by atoms with van der Waals surface area (Å²) in [6.07, 6.45) is 1.67. The fourth-order valence-electron chi connectivity index (χ4n) is 1.64. The second kappa shape index (κ2) is 5.14. The first kappa shape index (κ1) is 12.0. The molecular formula is C9H15ClN4O. The van der Waals surface area contributed by atoms with Gasteiger partial charge in [0.2, 0.25) is 0 Å². The maximum atomic E-state index is 11.7. The van der Waals surface area contributed by atoms with E-state index >= 15 is 0 Å². The molecule has 2 rings (SSSR count). The summed E-state index contributed by atoms with van der Waals surface area (Å²) in [5.74, 6) is 0. The lowest BCUT2D eigenvalue weighted by molar-refractivity contribution is 0.582. The van der Waals surface area contributed by atoms with Gasteiger partial charge < -0.3 is 10.2 Å². The molecule has 84 valence electrons. The molecule has 0 aliphatic carbocycles. The quantitative estimate of drug-likeness (QED) is 0.714. The van der Waals surface area contributed by atoms with Crippen molar-refractivity contribution in [2.45, 2.75) is 0 Å². The monoisotopic (exact) mass is 230 g/mol. The highest BCUT2D eigenvalue weighted by molar-refractivity contribution is 5.85. The highest BCUT2D eigenvalue weighted by atomic mass is 35.5. The smallest absolute Gasteiger partial charge is 0.290 e. The molecule has 1 aliphatic rings. The molecule has 0 saturated carbocycles. The molecule has 1 aliphatic heterocycles. The van der Waals surface area contributed by atoms with Crippen LogP contribution >= 0.6 is 12.4 Å². The Kier molecular flexibility index (Phi) is 4.11. The first-order valence-corrected chi connectivity index (χ1v) is 4.77. The van der Waals surface area contributed by atoms with Gasteiger partial charge in [0.15, 0.2) is 0 Å². The number of aryl methyl sites for hydroxylation is 1. The summed E-state index contributed by atoms with van der Waals surface area (Å²) in [6.45, 7) is 3.65. The van der Waals surface area contributed by atoms with Crippen LogP contribution in [0.25, 0.3) is 0 Å². The van der Waals surface area contributed by atoms with E-state index in [9.17, 15) is 4.79 Å². The van der Waals surface area contributed by atoms with Crippen LogP contribution in [0.3, 0.4) is 0 Å². The lowest BCUT2D eigenvalue weighted by atomic mass is 10.3. The molecule has 1 saturated heterocycles. The van der Waals surface area contributed by atoms with Crippen molar-refractivity contribution in [1.82, 2.24) is 15.1 Å². The highest BCUT2D eigenvalue weighted by Crippen LogP contribution is 2.06. The number of hydrogen-bond acceptors (Lipinski definition) is 4. The number of nitrogens with one attached hydrogen (secondary N) is 1. The summed E-state index contributed by atoms with van der Waals surface area (Å²) in [4.78, 5) is 13.8. The molecular weight excluding hydrogens is 216 g/mol. The van der Waals surface area contributed by atoms with Crippen LogP contribution in [0.15, 0.2) is 17.1 Å². The number of nitrogens with zero attached hydrogens (tertiary/aromatic N) is 3. The van der Waals surface area contributed by atoms with Gasteiger partial charge in [-0.15, -0.1) is 12.4 Å². The van der Waals surface area contributed by atoms with E-state index in [1.165, 1.54) is 4.68 Å². The minimum atomic E-state index is -0.0191. The van der Waals surface area contributed by atoms with Crippen molar-refractivity contribution >= 4 is 18.1 Å². The maximum Gasteiger partial charge on any atom is 0.290 e. The van der Waals surface area contributed by atoms with E-state index in [-0.39, 0.29) is 18.0 Å². The molecule has 0 aromatic carbocycles. The molecule has 2 heterocycles. The molecule has 1 N–H and O–H groups in total. The average Bonchev–Trinajstić information content (AvgIpc) is 2.23. The summed E-state index contributed by atoms with van der Waals surface area (Å²) in [6, 6.07) is 1.79. The van der Waals surface area contributed by atoms with Crippen LogP contribution in [0, 0.1) is 0 Å². The Hall–Kier alpha value is -1.07. The van der Waals surface area contributed by atoms with Gasteiger partial charge in [-0.1, -0.05) is 0 Å². The van der Waals surface area contributed by atoms with E-state index in [0.717, 1.165) is 31.9 Å². The van der Waals surface area contributed by atoms with Crippen LogP contribution in [0.2, 0.25) is 0 Å². The first-order chi connectivity index (χ1) is 6.79. The van der Waals surface area contributed by atoms with Crippen molar-refractivity contribution in [2.24, 2.45) is 7.05 Å². The van der Waals surface area contributed by atoms with Gasteiger partial charge >= 0.3 is 0 Å². The number of halogens is 1. The molecule has 5 nitrogen and oxygen atoms in total. The van der Waals surface area contributed by atoms with Crippen LogP contribution in [0.4, 0.5) is 5.69 Å². The molecule has 1 aromatic heterocycles. The van der Waals surface area contributed by atoms with Gasteiger partial charge in [0.1, 0.15) is 5.69 Å². The Morgan fingerprint density at radius 2 is 2.07 bits per heavy atom. The van der Waals surface area contributed by atoms with Gasteiger partial charge in [-0.05, 0) is 6.07 Å². The summed E-state index contributed by atoms with van der Waals surface area (Å²) in [5, 5.41) is 7.15. The maximum absolute atomic E-state index is 11.7. The van der Waals surface area contributed by atoms with E-state index in [1.807, 2.05) is 0 Å². The number of aromatic nitrogens is 2. The van der Waals surface area contributed by atoms with Crippen molar-refractivity contribution < 1.29 is 0 Å². The second-order valence-corrected chi connectivity index (χ2v) is 3.38. The largest absolute Gasteiger partial charge is 0.364 e. The predicted molar refractivity (Wildman–Crippen MR) is 61.8 cm³/mol. The third kappa shape index (κ3) is 2.49. The van der Waals surface area contributed by atoms with Gasteiger partial charge in [0, 0.05) is 39.4 Å². The molecule has 0 bridgehead atoms. The SMILES string of the molecule is Cl.Cn1nccc(N2CCNCC2)c1=O. The van der Waals surface area contributed by atoms with E-state index in [2.05, 4.69) is 15.3 Å². The van der Waals surface area contributed by atoms with E-state index in [0.29, 0.717) is 0 Å². The average molecular weight is 231 g/mol. The Morgan fingerprint density at radius 3 is 2.73 bits per heavy atom. The minimum Gasteiger partial charge on any atom is -0.364 e. The highest BCUT2D eigenvalue weighted by Gasteiger charge is 2.13. The number of anilines is 1. The summed E-state index contributed by atoms with van der Waals surface area (Å²) < 4.78 is 1.37. The summed E-state index contributed by atoms with van der Waals surface area (Å²) in [5.41, 5.74) is 0.735. The first-order valence-electron chi connectivity index (χ1n) is 4.77. The molecule has 0 spiro atoms. The molecule has 1 fully saturated rings. The Balaban J connectivity index is 0.00000112. The van der Waals surface area contributed by atoms with Crippen LogP contribution in [0.5, 0.6) is 0 Å². The third-order valence-corrected chi connectivity index (χ3v) is 2.44. The molecule has 0 amide bonds. The Bertz CT molecular complexity index is 373. The summed E-state index contributed by atoms with van der Waals surface area (Å²) >= 11 is 0.